The van der Waals surface area contributed by atoms with Gasteiger partial charge >= 0.3 is 0 Å². The highest BCUT2D eigenvalue weighted by molar-refractivity contribution is 14.0. The fourth-order valence-corrected chi connectivity index (χ4v) is 2.55. The molecule has 6 nitrogen and oxygen atoms in total. The van der Waals surface area contributed by atoms with Crippen molar-refractivity contribution < 1.29 is 8.42 Å². The van der Waals surface area contributed by atoms with Gasteiger partial charge in [0.05, 0.1) is 6.26 Å². The van der Waals surface area contributed by atoms with E-state index in [1.54, 1.807) is 7.05 Å². The molecule has 0 bridgehead atoms. The molecule has 0 aromatic heterocycles. The van der Waals surface area contributed by atoms with E-state index >= 15 is 0 Å². The third-order valence-electron chi connectivity index (χ3n) is 2.74. The smallest absolute Gasteiger partial charge is 0.211 e. The predicted molar refractivity (Wildman–Crippen MR) is 96.4 cm³/mol. The van der Waals surface area contributed by atoms with Crippen LogP contribution in [0.4, 0.5) is 0 Å². The second kappa shape index (κ2) is 12.6. The third kappa shape index (κ3) is 10.7. The van der Waals surface area contributed by atoms with Gasteiger partial charge in [0.25, 0.3) is 0 Å². The second-order valence-corrected chi connectivity index (χ2v) is 6.37. The summed E-state index contributed by atoms with van der Waals surface area (Å²) >= 11 is 0. The molecule has 0 amide bonds. The molecule has 0 aliphatic heterocycles. The van der Waals surface area contributed by atoms with Crippen LogP contribution < -0.4 is 10.6 Å². The van der Waals surface area contributed by atoms with Gasteiger partial charge in [-0.3, -0.25) is 4.99 Å². The molecular formula is C12H29IN4O2S. The molecule has 0 aromatic carbocycles. The van der Waals surface area contributed by atoms with Gasteiger partial charge < -0.3 is 10.6 Å². The molecule has 2 N–H and O–H groups in total. The molecule has 122 valence electrons. The van der Waals surface area contributed by atoms with E-state index in [-0.39, 0.29) is 24.0 Å². The molecule has 8 heteroatoms. The molecule has 0 unspecified atom stereocenters. The topological polar surface area (TPSA) is 73.8 Å². The second-order valence-electron chi connectivity index (χ2n) is 4.39. The summed E-state index contributed by atoms with van der Waals surface area (Å²) in [4.78, 5) is 4.11. The Bertz CT molecular complexity index is 360. The number of sulfonamides is 1. The van der Waals surface area contributed by atoms with Gasteiger partial charge in [0, 0.05) is 33.2 Å². The van der Waals surface area contributed by atoms with E-state index in [4.69, 9.17) is 0 Å². The number of nitrogens with zero attached hydrogens (tertiary/aromatic N) is 2. The quantitative estimate of drug-likeness (QED) is 0.255. The Balaban J connectivity index is 0. The van der Waals surface area contributed by atoms with Crippen LogP contribution in [0.25, 0.3) is 0 Å². The number of aliphatic imine (C=N–C) groups is 1. The fourth-order valence-electron chi connectivity index (χ4n) is 1.62. The van der Waals surface area contributed by atoms with Crippen LogP contribution in [-0.2, 0) is 10.0 Å². The van der Waals surface area contributed by atoms with E-state index < -0.39 is 10.0 Å². The lowest BCUT2D eigenvalue weighted by Crippen LogP contribution is -2.39. The zero-order chi connectivity index (χ0) is 14.7. The average molecular weight is 420 g/mol. The summed E-state index contributed by atoms with van der Waals surface area (Å²) in [5.74, 6) is 0.774. The minimum Gasteiger partial charge on any atom is -0.356 e. The molecule has 0 spiro atoms. The van der Waals surface area contributed by atoms with Crippen LogP contribution >= 0.6 is 24.0 Å². The lowest BCUT2D eigenvalue weighted by Gasteiger charge is -2.18. The summed E-state index contributed by atoms with van der Waals surface area (Å²) in [7, 11) is -1.35. The number of nitrogens with one attached hydrogen (secondary N) is 2. The van der Waals surface area contributed by atoms with Crippen molar-refractivity contribution in [1.29, 1.82) is 0 Å². The van der Waals surface area contributed by atoms with Crippen LogP contribution in [0.1, 0.15) is 33.1 Å². The normalized spacial score (nSPS) is 12.2. The first kappa shape index (κ1) is 22.2. The average Bonchev–Trinajstić information content (AvgIpc) is 2.35. The van der Waals surface area contributed by atoms with Crippen LogP contribution in [0, 0.1) is 0 Å². The van der Waals surface area contributed by atoms with Crippen molar-refractivity contribution in [2.45, 2.75) is 33.1 Å². The Morgan fingerprint density at radius 1 is 1.15 bits per heavy atom. The molecule has 0 aliphatic carbocycles. The molecular weight excluding hydrogens is 391 g/mol. The predicted octanol–water partition coefficient (Wildman–Crippen LogP) is 1.24. The van der Waals surface area contributed by atoms with E-state index in [9.17, 15) is 8.42 Å². The van der Waals surface area contributed by atoms with Gasteiger partial charge in [0.1, 0.15) is 0 Å². The maximum absolute atomic E-state index is 11.4. The maximum Gasteiger partial charge on any atom is 0.211 e. The van der Waals surface area contributed by atoms with Gasteiger partial charge in [-0.1, -0.05) is 20.3 Å². The van der Waals surface area contributed by atoms with Gasteiger partial charge in [-0.2, -0.15) is 0 Å². The van der Waals surface area contributed by atoms with Crippen molar-refractivity contribution in [2.24, 2.45) is 4.99 Å². The molecule has 0 atom stereocenters. The van der Waals surface area contributed by atoms with Crippen molar-refractivity contribution in [1.82, 2.24) is 14.9 Å². The molecule has 0 radical (unpaired) electrons. The Labute approximate surface area is 140 Å². The summed E-state index contributed by atoms with van der Waals surface area (Å²) in [5, 5.41) is 6.39. The molecule has 0 heterocycles. The highest BCUT2D eigenvalue weighted by Gasteiger charge is 2.13. The molecule has 20 heavy (non-hydrogen) atoms. The minimum absolute atomic E-state index is 0. The standard InChI is InChI=1S/C12H28N4O2S.HI/c1-5-7-9-14-12(13-3)15-10-8-11-16(6-2)19(4,17)18;/h5-11H2,1-4H3,(H2,13,14,15);1H. The van der Waals surface area contributed by atoms with Gasteiger partial charge in [-0.15, -0.1) is 24.0 Å². The van der Waals surface area contributed by atoms with Crippen molar-refractivity contribution in [2.75, 3.05) is 39.5 Å². The van der Waals surface area contributed by atoms with E-state index in [0.717, 1.165) is 31.8 Å². The van der Waals surface area contributed by atoms with E-state index in [1.165, 1.54) is 10.6 Å². The van der Waals surface area contributed by atoms with Crippen molar-refractivity contribution in [3.8, 4) is 0 Å². The summed E-state index contributed by atoms with van der Waals surface area (Å²) in [5.41, 5.74) is 0. The van der Waals surface area contributed by atoms with Crippen LogP contribution in [0.2, 0.25) is 0 Å². The van der Waals surface area contributed by atoms with Gasteiger partial charge in [0.2, 0.25) is 10.0 Å². The number of hydrogen-bond acceptors (Lipinski definition) is 3. The van der Waals surface area contributed by atoms with Gasteiger partial charge in [-0.25, -0.2) is 12.7 Å². The van der Waals surface area contributed by atoms with E-state index in [1.807, 2.05) is 6.92 Å². The van der Waals surface area contributed by atoms with Crippen LogP contribution in [0.15, 0.2) is 4.99 Å². The summed E-state index contributed by atoms with van der Waals surface area (Å²) in [6.45, 7) is 6.65. The summed E-state index contributed by atoms with van der Waals surface area (Å²) in [6.07, 6.45) is 4.26. The SMILES string of the molecule is CCCCNC(=NC)NCCCN(CC)S(C)(=O)=O.I. The first-order valence-electron chi connectivity index (χ1n) is 6.85. The fraction of sp³-hybridized carbons (Fsp3) is 0.917. The lowest BCUT2D eigenvalue weighted by molar-refractivity contribution is 0.424. The van der Waals surface area contributed by atoms with Crippen molar-refractivity contribution >= 4 is 40.0 Å². The largest absolute Gasteiger partial charge is 0.356 e. The number of halogens is 1. The zero-order valence-corrected chi connectivity index (χ0v) is 16.1. The minimum atomic E-state index is -3.08. The van der Waals surface area contributed by atoms with Crippen molar-refractivity contribution in [3.63, 3.8) is 0 Å². The van der Waals surface area contributed by atoms with Gasteiger partial charge in [-0.05, 0) is 12.8 Å². The zero-order valence-electron chi connectivity index (χ0n) is 13.0. The third-order valence-corrected chi connectivity index (χ3v) is 4.12. The molecule has 0 fully saturated rings. The highest BCUT2D eigenvalue weighted by Crippen LogP contribution is 1.98. The van der Waals surface area contributed by atoms with Gasteiger partial charge in [0.15, 0.2) is 5.96 Å². The molecule has 0 saturated heterocycles. The molecule has 0 saturated carbocycles. The first-order chi connectivity index (χ1) is 8.95. The Hall–Kier alpha value is -0.0900. The van der Waals surface area contributed by atoms with Crippen molar-refractivity contribution in [3.05, 3.63) is 0 Å². The monoisotopic (exact) mass is 420 g/mol. The molecule has 0 aromatic rings. The van der Waals surface area contributed by atoms with Crippen LogP contribution in [0.3, 0.4) is 0 Å². The molecule has 0 rings (SSSR count). The summed E-state index contributed by atoms with van der Waals surface area (Å²) < 4.78 is 24.3. The Morgan fingerprint density at radius 2 is 1.70 bits per heavy atom. The Kier molecular flexibility index (Phi) is 14.0. The summed E-state index contributed by atoms with van der Waals surface area (Å²) in [6, 6.07) is 0. The number of hydrogen-bond donors (Lipinski definition) is 2. The first-order valence-corrected chi connectivity index (χ1v) is 8.70. The number of unbranched alkanes of at least 4 members (excludes halogenated alkanes) is 1. The number of guanidine groups is 1. The van der Waals surface area contributed by atoms with E-state index in [2.05, 4.69) is 22.5 Å². The van der Waals surface area contributed by atoms with E-state index in [0.29, 0.717) is 19.6 Å². The Morgan fingerprint density at radius 3 is 2.10 bits per heavy atom. The lowest BCUT2D eigenvalue weighted by atomic mass is 10.3. The highest BCUT2D eigenvalue weighted by atomic mass is 127. The van der Waals surface area contributed by atoms with Crippen LogP contribution in [-0.4, -0.2) is 58.2 Å². The number of rotatable bonds is 9. The van der Waals surface area contributed by atoms with Crippen LogP contribution in [0.5, 0.6) is 0 Å². The maximum atomic E-state index is 11.4. The molecule has 0 aliphatic rings.